The molecule has 9 heteroatoms. The number of ether oxygens (including phenoxy) is 2. The Balaban J connectivity index is 2.13. The fourth-order valence-corrected chi connectivity index (χ4v) is 4.27. The maximum Gasteiger partial charge on any atom is 0.573 e. The molecule has 2 aromatic heterocycles. The molecule has 3 aromatic rings. The first-order valence-electron chi connectivity index (χ1n) is 9.15. The molecular formula is C20H21F3N2O3S. The van der Waals surface area contributed by atoms with Crippen molar-refractivity contribution < 1.29 is 27.8 Å². The van der Waals surface area contributed by atoms with E-state index in [9.17, 15) is 18.3 Å². The number of thiazole rings is 1. The van der Waals surface area contributed by atoms with Crippen molar-refractivity contribution in [2.24, 2.45) is 0 Å². The molecule has 0 amide bonds. The molecule has 0 aliphatic heterocycles. The van der Waals surface area contributed by atoms with Gasteiger partial charge >= 0.3 is 6.36 Å². The summed E-state index contributed by atoms with van der Waals surface area (Å²) in [5.74, 6) is 0.214. The zero-order valence-electron chi connectivity index (χ0n) is 16.2. The van der Waals surface area contributed by atoms with Crippen molar-refractivity contribution in [3.8, 4) is 11.5 Å². The first-order chi connectivity index (χ1) is 13.7. The number of nitrogens with zero attached hydrogens (tertiary/aromatic N) is 2. The van der Waals surface area contributed by atoms with Gasteiger partial charge in [-0.25, -0.2) is 4.98 Å². The van der Waals surface area contributed by atoms with E-state index in [1.165, 1.54) is 25.3 Å². The van der Waals surface area contributed by atoms with Crippen LogP contribution in [0.15, 0.2) is 30.6 Å². The first kappa shape index (κ1) is 21.3. The minimum Gasteiger partial charge on any atom is -0.493 e. The second kappa shape index (κ2) is 8.16. The number of aromatic nitrogens is 2. The molecule has 1 aromatic carbocycles. The van der Waals surface area contributed by atoms with E-state index in [-0.39, 0.29) is 5.75 Å². The van der Waals surface area contributed by atoms with Crippen LogP contribution in [-0.4, -0.2) is 28.0 Å². The fraction of sp³-hybridized carbons (Fsp3) is 0.400. The predicted octanol–water partition coefficient (Wildman–Crippen LogP) is 5.33. The third kappa shape index (κ3) is 4.45. The molecule has 1 unspecified atom stereocenters. The molecule has 0 aliphatic rings. The highest BCUT2D eigenvalue weighted by molar-refractivity contribution is 7.18. The summed E-state index contributed by atoms with van der Waals surface area (Å²) in [5, 5.41) is 12.0. The van der Waals surface area contributed by atoms with Crippen LogP contribution in [0.25, 0.3) is 10.2 Å². The van der Waals surface area contributed by atoms with Gasteiger partial charge in [-0.15, -0.1) is 24.5 Å². The van der Waals surface area contributed by atoms with Crippen LogP contribution < -0.4 is 9.47 Å². The highest BCUT2D eigenvalue weighted by Gasteiger charge is 2.38. The van der Waals surface area contributed by atoms with E-state index in [1.807, 2.05) is 13.8 Å². The van der Waals surface area contributed by atoms with Crippen LogP contribution in [0.2, 0.25) is 0 Å². The normalized spacial score (nSPS) is 14.0. The van der Waals surface area contributed by atoms with Crippen molar-refractivity contribution >= 4 is 21.6 Å². The van der Waals surface area contributed by atoms with Crippen molar-refractivity contribution in [2.45, 2.75) is 45.6 Å². The second-order valence-electron chi connectivity index (χ2n) is 6.57. The quantitative estimate of drug-likeness (QED) is 0.553. The average molecular weight is 426 g/mol. The number of aliphatic hydroxyl groups is 1. The Morgan fingerprint density at radius 2 is 1.93 bits per heavy atom. The lowest BCUT2D eigenvalue weighted by Gasteiger charge is -2.27. The number of alkyl halides is 3. The molecule has 1 atom stereocenters. The molecule has 3 rings (SSSR count). The van der Waals surface area contributed by atoms with E-state index in [4.69, 9.17) is 4.74 Å². The number of rotatable bonds is 7. The van der Waals surface area contributed by atoms with E-state index < -0.39 is 12.0 Å². The summed E-state index contributed by atoms with van der Waals surface area (Å²) in [6.07, 6.45) is -0.672. The summed E-state index contributed by atoms with van der Waals surface area (Å²) < 4.78 is 48.2. The molecule has 0 bridgehead atoms. The maximum absolute atomic E-state index is 12.7. The summed E-state index contributed by atoms with van der Waals surface area (Å²) in [7, 11) is 0. The summed E-state index contributed by atoms with van der Waals surface area (Å²) in [6.45, 7) is 5.70. The van der Waals surface area contributed by atoms with Crippen molar-refractivity contribution in [1.29, 1.82) is 0 Å². The van der Waals surface area contributed by atoms with E-state index >= 15 is 0 Å². The highest BCUT2D eigenvalue weighted by Crippen LogP contribution is 2.43. The van der Waals surface area contributed by atoms with Crippen LogP contribution >= 0.6 is 11.3 Å². The zero-order chi connectivity index (χ0) is 21.2. The van der Waals surface area contributed by atoms with Crippen LogP contribution in [0.1, 0.15) is 42.8 Å². The van der Waals surface area contributed by atoms with E-state index in [0.717, 1.165) is 11.3 Å². The van der Waals surface area contributed by atoms with Crippen LogP contribution in [0.5, 0.6) is 11.5 Å². The lowest BCUT2D eigenvalue weighted by Crippen LogP contribution is -2.28. The Morgan fingerprint density at radius 3 is 2.59 bits per heavy atom. The first-order valence-corrected chi connectivity index (χ1v) is 9.96. The number of fused-ring (bicyclic) bond motifs is 1. The van der Waals surface area contributed by atoms with Gasteiger partial charge in [0.15, 0.2) is 0 Å². The monoisotopic (exact) mass is 426 g/mol. The molecule has 0 saturated carbocycles. The molecule has 0 radical (unpaired) electrons. The Bertz CT molecular complexity index is 1010. The third-order valence-corrected chi connectivity index (χ3v) is 5.57. The fourth-order valence-electron chi connectivity index (χ4n) is 3.16. The van der Waals surface area contributed by atoms with Crippen molar-refractivity contribution in [3.63, 3.8) is 0 Å². The van der Waals surface area contributed by atoms with E-state index in [0.29, 0.717) is 51.5 Å². The Kier molecular flexibility index (Phi) is 6.00. The van der Waals surface area contributed by atoms with Crippen molar-refractivity contribution in [3.05, 3.63) is 46.7 Å². The largest absolute Gasteiger partial charge is 0.573 e. The molecule has 5 nitrogen and oxygen atoms in total. The van der Waals surface area contributed by atoms with Gasteiger partial charge in [0, 0.05) is 18.5 Å². The van der Waals surface area contributed by atoms with Crippen LogP contribution in [0.4, 0.5) is 13.2 Å². The SMILES string of the molecule is CCCC(O)(c1nc2cc(C)c(OC(F)(F)F)cc2s1)c1cnccc1OCC. The average Bonchev–Trinajstić information content (AvgIpc) is 3.05. The van der Waals surface area contributed by atoms with Gasteiger partial charge in [0.25, 0.3) is 0 Å². The number of hydrogen-bond acceptors (Lipinski definition) is 6. The number of halogens is 3. The summed E-state index contributed by atoms with van der Waals surface area (Å²) >= 11 is 1.12. The Morgan fingerprint density at radius 1 is 1.17 bits per heavy atom. The van der Waals surface area contributed by atoms with Crippen LogP contribution in [-0.2, 0) is 5.60 Å². The van der Waals surface area contributed by atoms with Gasteiger partial charge in [0.2, 0.25) is 0 Å². The molecular weight excluding hydrogens is 405 g/mol. The number of hydrogen-bond donors (Lipinski definition) is 1. The highest BCUT2D eigenvalue weighted by atomic mass is 32.1. The van der Waals surface area contributed by atoms with Gasteiger partial charge in [-0.1, -0.05) is 13.3 Å². The summed E-state index contributed by atoms with van der Waals surface area (Å²) in [6, 6.07) is 4.50. The Hall–Kier alpha value is -2.39. The predicted molar refractivity (Wildman–Crippen MR) is 104 cm³/mol. The minimum absolute atomic E-state index is 0.282. The van der Waals surface area contributed by atoms with Crippen molar-refractivity contribution in [1.82, 2.24) is 9.97 Å². The lowest BCUT2D eigenvalue weighted by molar-refractivity contribution is -0.274. The Labute approximate surface area is 170 Å². The van der Waals surface area contributed by atoms with E-state index in [2.05, 4.69) is 14.7 Å². The van der Waals surface area contributed by atoms with Gasteiger partial charge in [-0.2, -0.15) is 0 Å². The van der Waals surface area contributed by atoms with Crippen LogP contribution in [0, 0.1) is 6.92 Å². The molecule has 29 heavy (non-hydrogen) atoms. The van der Waals surface area contributed by atoms with Crippen molar-refractivity contribution in [2.75, 3.05) is 6.61 Å². The zero-order valence-corrected chi connectivity index (χ0v) is 17.0. The molecule has 0 aliphatic carbocycles. The number of pyridine rings is 1. The third-order valence-electron chi connectivity index (χ3n) is 4.40. The smallest absolute Gasteiger partial charge is 0.493 e. The summed E-state index contributed by atoms with van der Waals surface area (Å²) in [5.41, 5.74) is -0.197. The standard InChI is InChI=1S/C20H21F3N2O3S/c1-4-7-19(26,13-11-24-8-6-15(13)27-5-2)18-25-14-9-12(3)16(10-17(14)29-18)28-20(21,22)23/h6,8-11,26H,4-5,7H2,1-3H3. The molecule has 0 fully saturated rings. The molecule has 1 N–H and O–H groups in total. The minimum atomic E-state index is -4.78. The molecule has 0 saturated heterocycles. The molecule has 0 spiro atoms. The lowest BCUT2D eigenvalue weighted by atomic mass is 9.90. The summed E-state index contributed by atoms with van der Waals surface area (Å²) in [4.78, 5) is 8.64. The molecule has 156 valence electrons. The van der Waals surface area contributed by atoms with Gasteiger partial charge in [0.1, 0.15) is 22.1 Å². The van der Waals surface area contributed by atoms with Crippen LogP contribution in [0.3, 0.4) is 0 Å². The van der Waals surface area contributed by atoms with Gasteiger partial charge in [0.05, 0.1) is 22.4 Å². The topological polar surface area (TPSA) is 64.5 Å². The van der Waals surface area contributed by atoms with E-state index in [1.54, 1.807) is 12.3 Å². The number of aryl methyl sites for hydroxylation is 1. The van der Waals surface area contributed by atoms with Gasteiger partial charge in [-0.05, 0) is 38.0 Å². The van der Waals surface area contributed by atoms with Gasteiger partial charge in [-0.3, -0.25) is 4.98 Å². The second-order valence-corrected chi connectivity index (χ2v) is 7.60. The van der Waals surface area contributed by atoms with Gasteiger partial charge < -0.3 is 14.6 Å². The number of benzene rings is 1. The maximum atomic E-state index is 12.7. The molecule has 2 heterocycles.